The van der Waals surface area contributed by atoms with Gasteiger partial charge in [0.15, 0.2) is 0 Å². The largest absolute Gasteiger partial charge is 0.348 e. The SMILES string of the molecule is O=C(NCc1ccc(-n2cncn2)cc1)c1ccc(S(=O)(=O)Nc2ccc(F)cc2)cc1. The molecule has 0 atom stereocenters. The highest BCUT2D eigenvalue weighted by Gasteiger charge is 2.15. The molecule has 3 aromatic carbocycles. The second kappa shape index (κ2) is 8.98. The summed E-state index contributed by atoms with van der Waals surface area (Å²) in [6, 6.07) is 18.0. The van der Waals surface area contributed by atoms with Gasteiger partial charge >= 0.3 is 0 Å². The fraction of sp³-hybridized carbons (Fsp3) is 0.0455. The number of carbonyl (C=O) groups is 1. The summed E-state index contributed by atoms with van der Waals surface area (Å²) in [5.74, 6) is -0.796. The number of aromatic nitrogens is 3. The fourth-order valence-electron chi connectivity index (χ4n) is 2.91. The van der Waals surface area contributed by atoms with Crippen molar-refractivity contribution in [2.45, 2.75) is 11.4 Å². The molecule has 0 radical (unpaired) electrons. The Morgan fingerprint density at radius 1 is 0.938 bits per heavy atom. The van der Waals surface area contributed by atoms with E-state index >= 15 is 0 Å². The first kappa shape index (κ1) is 21.2. The molecule has 0 spiro atoms. The minimum Gasteiger partial charge on any atom is -0.348 e. The van der Waals surface area contributed by atoms with Gasteiger partial charge in [-0.25, -0.2) is 22.5 Å². The number of hydrogen-bond acceptors (Lipinski definition) is 5. The number of carbonyl (C=O) groups excluding carboxylic acids is 1. The van der Waals surface area contributed by atoms with Crippen molar-refractivity contribution >= 4 is 21.6 Å². The summed E-state index contributed by atoms with van der Waals surface area (Å²) in [6.07, 6.45) is 3.04. The average molecular weight is 451 g/mol. The van der Waals surface area contributed by atoms with Gasteiger partial charge in [0.1, 0.15) is 18.5 Å². The smallest absolute Gasteiger partial charge is 0.261 e. The molecular weight excluding hydrogens is 433 g/mol. The van der Waals surface area contributed by atoms with Crippen molar-refractivity contribution in [3.05, 3.63) is 102 Å². The molecule has 1 heterocycles. The van der Waals surface area contributed by atoms with Gasteiger partial charge in [0.2, 0.25) is 0 Å². The summed E-state index contributed by atoms with van der Waals surface area (Å²) in [5.41, 5.74) is 2.31. The van der Waals surface area contributed by atoms with Crippen LogP contribution in [0.3, 0.4) is 0 Å². The Bertz CT molecular complexity index is 1310. The maximum atomic E-state index is 13.0. The van der Waals surface area contributed by atoms with Crippen molar-refractivity contribution in [2.24, 2.45) is 0 Å². The van der Waals surface area contributed by atoms with Gasteiger partial charge in [-0.05, 0) is 66.2 Å². The quantitative estimate of drug-likeness (QED) is 0.449. The zero-order chi connectivity index (χ0) is 22.6. The van der Waals surface area contributed by atoms with E-state index in [-0.39, 0.29) is 16.5 Å². The predicted molar refractivity (Wildman–Crippen MR) is 116 cm³/mol. The number of halogens is 1. The van der Waals surface area contributed by atoms with E-state index in [2.05, 4.69) is 20.1 Å². The number of anilines is 1. The Balaban J connectivity index is 1.37. The van der Waals surface area contributed by atoms with Gasteiger partial charge in [-0.1, -0.05) is 12.1 Å². The average Bonchev–Trinajstić information content (AvgIpc) is 3.34. The van der Waals surface area contributed by atoms with Crippen LogP contribution in [0, 0.1) is 5.82 Å². The van der Waals surface area contributed by atoms with Crippen LogP contribution in [0.4, 0.5) is 10.1 Å². The van der Waals surface area contributed by atoms with E-state index < -0.39 is 15.8 Å². The van der Waals surface area contributed by atoms with Crippen molar-refractivity contribution in [2.75, 3.05) is 4.72 Å². The molecular formula is C22H18FN5O3S. The number of amides is 1. The third-order valence-corrected chi connectivity index (χ3v) is 5.99. The molecule has 32 heavy (non-hydrogen) atoms. The van der Waals surface area contributed by atoms with Crippen LogP contribution in [0.15, 0.2) is 90.3 Å². The van der Waals surface area contributed by atoms with Crippen molar-refractivity contribution in [1.82, 2.24) is 20.1 Å². The number of nitrogens with one attached hydrogen (secondary N) is 2. The summed E-state index contributed by atoms with van der Waals surface area (Å²) in [7, 11) is -3.86. The van der Waals surface area contributed by atoms with Gasteiger partial charge in [0.05, 0.1) is 10.6 Å². The number of benzene rings is 3. The molecule has 162 valence electrons. The number of hydrogen-bond donors (Lipinski definition) is 2. The number of sulfonamides is 1. The molecule has 0 fully saturated rings. The maximum absolute atomic E-state index is 13.0. The summed E-state index contributed by atoms with van der Waals surface area (Å²) in [5, 5.41) is 6.85. The van der Waals surface area contributed by atoms with Gasteiger partial charge in [-0.3, -0.25) is 9.52 Å². The van der Waals surface area contributed by atoms with E-state index in [1.807, 2.05) is 24.3 Å². The minimum absolute atomic E-state index is 0.0120. The normalized spacial score (nSPS) is 11.2. The molecule has 0 unspecified atom stereocenters. The van der Waals surface area contributed by atoms with E-state index in [1.54, 1.807) is 11.0 Å². The third kappa shape index (κ3) is 4.98. The second-order valence-corrected chi connectivity index (χ2v) is 8.51. The van der Waals surface area contributed by atoms with Crippen LogP contribution in [0.5, 0.6) is 0 Å². The highest BCUT2D eigenvalue weighted by Crippen LogP contribution is 2.17. The third-order valence-electron chi connectivity index (χ3n) is 4.60. The Kier molecular flexibility index (Phi) is 5.95. The lowest BCUT2D eigenvalue weighted by molar-refractivity contribution is 0.0951. The number of nitrogens with zero attached hydrogens (tertiary/aromatic N) is 3. The zero-order valence-electron chi connectivity index (χ0n) is 16.6. The summed E-state index contributed by atoms with van der Waals surface area (Å²) in [4.78, 5) is 16.3. The van der Waals surface area contributed by atoms with Gasteiger partial charge < -0.3 is 5.32 Å². The molecule has 4 aromatic rings. The van der Waals surface area contributed by atoms with E-state index in [0.29, 0.717) is 12.1 Å². The number of rotatable bonds is 7. The zero-order valence-corrected chi connectivity index (χ0v) is 17.5. The van der Waals surface area contributed by atoms with Crippen LogP contribution in [0.2, 0.25) is 0 Å². The molecule has 0 bridgehead atoms. The van der Waals surface area contributed by atoms with Crippen LogP contribution >= 0.6 is 0 Å². The molecule has 0 aliphatic rings. The molecule has 2 N–H and O–H groups in total. The van der Waals surface area contributed by atoms with Crippen LogP contribution in [-0.4, -0.2) is 29.1 Å². The first-order chi connectivity index (χ1) is 15.4. The molecule has 10 heteroatoms. The van der Waals surface area contributed by atoms with Crippen molar-refractivity contribution in [3.8, 4) is 5.69 Å². The Morgan fingerprint density at radius 3 is 2.25 bits per heavy atom. The molecule has 0 saturated carbocycles. The summed E-state index contributed by atoms with van der Waals surface area (Å²) >= 11 is 0. The molecule has 0 aliphatic carbocycles. The van der Waals surface area contributed by atoms with Gasteiger partial charge in [-0.2, -0.15) is 5.10 Å². The van der Waals surface area contributed by atoms with E-state index in [0.717, 1.165) is 23.4 Å². The molecule has 1 amide bonds. The van der Waals surface area contributed by atoms with Crippen molar-refractivity contribution < 1.29 is 17.6 Å². The molecule has 0 aliphatic heterocycles. The van der Waals surface area contributed by atoms with E-state index in [1.165, 1.54) is 42.7 Å². The summed E-state index contributed by atoms with van der Waals surface area (Å²) in [6.45, 7) is 0.308. The molecule has 4 rings (SSSR count). The lowest BCUT2D eigenvalue weighted by Crippen LogP contribution is -2.23. The van der Waals surface area contributed by atoms with Crippen LogP contribution in [-0.2, 0) is 16.6 Å². The van der Waals surface area contributed by atoms with Crippen LogP contribution in [0.25, 0.3) is 5.69 Å². The van der Waals surface area contributed by atoms with Crippen molar-refractivity contribution in [3.63, 3.8) is 0 Å². The lowest BCUT2D eigenvalue weighted by Gasteiger charge is -2.09. The minimum atomic E-state index is -3.86. The Labute approximate surface area is 183 Å². The van der Waals surface area contributed by atoms with Crippen LogP contribution < -0.4 is 10.0 Å². The predicted octanol–water partition coefficient (Wildman–Crippen LogP) is 3.14. The second-order valence-electron chi connectivity index (χ2n) is 6.83. The Hall–Kier alpha value is -4.05. The van der Waals surface area contributed by atoms with Gasteiger partial charge in [-0.15, -0.1) is 0 Å². The Morgan fingerprint density at radius 2 is 1.62 bits per heavy atom. The maximum Gasteiger partial charge on any atom is 0.261 e. The van der Waals surface area contributed by atoms with Crippen LogP contribution in [0.1, 0.15) is 15.9 Å². The van der Waals surface area contributed by atoms with Crippen molar-refractivity contribution in [1.29, 1.82) is 0 Å². The van der Waals surface area contributed by atoms with E-state index in [4.69, 9.17) is 0 Å². The van der Waals surface area contributed by atoms with Gasteiger partial charge in [0, 0.05) is 17.8 Å². The topological polar surface area (TPSA) is 106 Å². The molecule has 8 nitrogen and oxygen atoms in total. The monoisotopic (exact) mass is 451 g/mol. The highest BCUT2D eigenvalue weighted by atomic mass is 32.2. The fourth-order valence-corrected chi connectivity index (χ4v) is 3.97. The standard InChI is InChI=1S/C22H18FN5O3S/c23-18-5-7-19(8-6-18)27-32(30,31)21-11-3-17(4-12-21)22(29)25-13-16-1-9-20(10-2-16)28-15-24-14-26-28/h1-12,14-15,27H,13H2,(H,25,29). The lowest BCUT2D eigenvalue weighted by atomic mass is 10.2. The first-order valence-corrected chi connectivity index (χ1v) is 11.0. The summed E-state index contributed by atoms with van der Waals surface area (Å²) < 4.78 is 41.9. The van der Waals surface area contributed by atoms with Gasteiger partial charge in [0.25, 0.3) is 15.9 Å². The van der Waals surface area contributed by atoms with E-state index in [9.17, 15) is 17.6 Å². The first-order valence-electron chi connectivity index (χ1n) is 9.51. The molecule has 0 saturated heterocycles. The highest BCUT2D eigenvalue weighted by molar-refractivity contribution is 7.92. The molecule has 1 aromatic heterocycles.